The van der Waals surface area contributed by atoms with Crippen LogP contribution in [0.4, 0.5) is 4.39 Å². The molecule has 0 saturated heterocycles. The van der Waals surface area contributed by atoms with E-state index in [0.717, 1.165) is 16.9 Å². The van der Waals surface area contributed by atoms with Gasteiger partial charge in [-0.3, -0.25) is 0 Å². The lowest BCUT2D eigenvalue weighted by molar-refractivity contribution is 0.0697. The molecular formula is C32H30FN3O5. The molecule has 0 aliphatic carbocycles. The molecule has 0 aliphatic heterocycles. The van der Waals surface area contributed by atoms with Crippen molar-refractivity contribution in [2.45, 2.75) is 26.5 Å². The molecule has 0 radical (unpaired) electrons. The lowest BCUT2D eigenvalue weighted by Crippen LogP contribution is -2.10. The number of rotatable bonds is 11. The van der Waals surface area contributed by atoms with Gasteiger partial charge in [-0.2, -0.15) is 0 Å². The molecule has 5 aromatic rings. The highest BCUT2D eigenvalue weighted by Gasteiger charge is 2.16. The molecule has 0 bridgehead atoms. The Hall–Kier alpha value is -4.76. The number of hydrogen-bond donors (Lipinski definition) is 1. The topological polar surface area (TPSA) is 95.7 Å². The number of nitrogens with zero attached hydrogens (tertiary/aromatic N) is 3. The Balaban J connectivity index is 1.37. The Bertz CT molecular complexity index is 1720. The van der Waals surface area contributed by atoms with Crippen molar-refractivity contribution in [1.82, 2.24) is 14.5 Å². The van der Waals surface area contributed by atoms with E-state index in [1.165, 1.54) is 12.1 Å². The van der Waals surface area contributed by atoms with Gasteiger partial charge in [-0.05, 0) is 54.4 Å². The van der Waals surface area contributed by atoms with Crippen LogP contribution in [0.3, 0.4) is 0 Å². The number of aromatic nitrogens is 3. The normalized spacial score (nSPS) is 11.1. The third kappa shape index (κ3) is 6.20. The number of ether oxygens (including phenoxy) is 3. The number of aromatic carboxylic acids is 1. The molecule has 0 fully saturated rings. The van der Waals surface area contributed by atoms with Crippen LogP contribution in [-0.4, -0.2) is 46.4 Å². The maximum Gasteiger partial charge on any atom is 0.335 e. The largest absolute Gasteiger partial charge is 0.496 e. The molecule has 0 unspecified atom stereocenters. The van der Waals surface area contributed by atoms with Crippen molar-refractivity contribution in [1.29, 1.82) is 0 Å². The molecule has 1 N–H and O–H groups in total. The monoisotopic (exact) mass is 555 g/mol. The number of aryl methyl sites for hydroxylation is 1. The zero-order valence-electron chi connectivity index (χ0n) is 23.1. The van der Waals surface area contributed by atoms with Gasteiger partial charge >= 0.3 is 5.97 Å². The van der Waals surface area contributed by atoms with Crippen LogP contribution in [0.25, 0.3) is 22.3 Å². The summed E-state index contributed by atoms with van der Waals surface area (Å²) in [5, 5.41) is 9.42. The Labute approximate surface area is 237 Å². The van der Waals surface area contributed by atoms with Crippen LogP contribution in [-0.2, 0) is 24.3 Å². The van der Waals surface area contributed by atoms with E-state index in [0.29, 0.717) is 52.7 Å². The summed E-state index contributed by atoms with van der Waals surface area (Å²) in [6.45, 7) is 3.14. The number of fused-ring (bicyclic) bond motifs is 1. The Morgan fingerprint density at radius 1 is 0.976 bits per heavy atom. The van der Waals surface area contributed by atoms with Crippen molar-refractivity contribution in [3.05, 3.63) is 107 Å². The molecule has 0 saturated carbocycles. The number of carbonyl (C=O) groups is 1. The minimum Gasteiger partial charge on any atom is -0.496 e. The molecular weight excluding hydrogens is 525 g/mol. The molecule has 8 nitrogen and oxygen atoms in total. The second kappa shape index (κ2) is 12.2. The second-order valence-electron chi connectivity index (χ2n) is 9.63. The van der Waals surface area contributed by atoms with Gasteiger partial charge in [0.1, 0.15) is 24.0 Å². The van der Waals surface area contributed by atoms with Crippen molar-refractivity contribution >= 4 is 17.0 Å². The number of carboxylic acid groups (broad SMARTS) is 1. The van der Waals surface area contributed by atoms with Crippen LogP contribution < -0.4 is 9.47 Å². The van der Waals surface area contributed by atoms with Crippen LogP contribution in [0, 0.1) is 12.7 Å². The summed E-state index contributed by atoms with van der Waals surface area (Å²) >= 11 is 0. The van der Waals surface area contributed by atoms with Gasteiger partial charge in [-0.1, -0.05) is 30.3 Å². The van der Waals surface area contributed by atoms with E-state index in [2.05, 4.69) is 9.97 Å². The standard InChI is InChI=1S/C32H30FN3O5/c1-20-7-8-24(29(15-20)40-3)19-41-31-6-4-5-26(35-31)22-10-9-21(25(33)16-22)18-30-34-27-12-11-23(32(37)38)17-28(27)36(30)13-14-39-2/h4-12,15-17H,13-14,18-19H2,1-3H3,(H,37,38). The predicted octanol–water partition coefficient (Wildman–Crippen LogP) is 6.07. The fraction of sp³-hybridized carbons (Fsp3) is 0.219. The molecule has 5 rings (SSSR count). The SMILES string of the molecule is COCCn1c(Cc2ccc(-c3cccc(OCc4ccc(C)cc4OC)n3)cc2F)nc2ccc(C(=O)O)cc21. The van der Waals surface area contributed by atoms with Gasteiger partial charge in [0.25, 0.3) is 0 Å². The molecule has 0 amide bonds. The molecule has 9 heteroatoms. The fourth-order valence-electron chi connectivity index (χ4n) is 4.67. The number of methoxy groups -OCH3 is 2. The average Bonchev–Trinajstić information content (AvgIpc) is 3.32. The van der Waals surface area contributed by atoms with Gasteiger partial charge in [0.15, 0.2) is 0 Å². The third-order valence-corrected chi connectivity index (χ3v) is 6.83. The highest BCUT2D eigenvalue weighted by Crippen LogP contribution is 2.27. The van der Waals surface area contributed by atoms with Gasteiger partial charge in [-0.15, -0.1) is 0 Å². The Morgan fingerprint density at radius 2 is 1.80 bits per heavy atom. The van der Waals surface area contributed by atoms with Crippen molar-refractivity contribution in [2.24, 2.45) is 0 Å². The molecule has 3 aromatic carbocycles. The molecule has 2 aromatic heterocycles. The lowest BCUT2D eigenvalue weighted by atomic mass is 10.1. The summed E-state index contributed by atoms with van der Waals surface area (Å²) in [5.74, 6) is 0.370. The highest BCUT2D eigenvalue weighted by atomic mass is 19.1. The summed E-state index contributed by atoms with van der Waals surface area (Å²) in [6, 6.07) is 21.0. The first-order valence-electron chi connectivity index (χ1n) is 13.1. The predicted molar refractivity (Wildman–Crippen MR) is 153 cm³/mol. The van der Waals surface area contributed by atoms with Crippen molar-refractivity contribution in [2.75, 3.05) is 20.8 Å². The number of imidazole rings is 1. The molecule has 41 heavy (non-hydrogen) atoms. The van der Waals surface area contributed by atoms with E-state index in [1.807, 2.05) is 41.8 Å². The second-order valence-corrected chi connectivity index (χ2v) is 9.63. The number of benzene rings is 3. The quantitative estimate of drug-likeness (QED) is 0.211. The van der Waals surface area contributed by atoms with Crippen LogP contribution in [0.5, 0.6) is 11.6 Å². The van der Waals surface area contributed by atoms with E-state index in [1.54, 1.807) is 44.6 Å². The number of hydrogen-bond acceptors (Lipinski definition) is 6. The van der Waals surface area contributed by atoms with E-state index in [-0.39, 0.29) is 18.6 Å². The number of pyridine rings is 1. The van der Waals surface area contributed by atoms with Gasteiger partial charge in [0.05, 0.1) is 36.0 Å². The van der Waals surface area contributed by atoms with Gasteiger partial charge < -0.3 is 23.9 Å². The maximum atomic E-state index is 15.4. The average molecular weight is 556 g/mol. The summed E-state index contributed by atoms with van der Waals surface area (Å²) in [4.78, 5) is 20.7. The van der Waals surface area contributed by atoms with E-state index >= 15 is 4.39 Å². The van der Waals surface area contributed by atoms with E-state index in [9.17, 15) is 9.90 Å². The van der Waals surface area contributed by atoms with Crippen LogP contribution >= 0.6 is 0 Å². The van der Waals surface area contributed by atoms with Crippen LogP contribution in [0.1, 0.15) is 32.9 Å². The zero-order valence-corrected chi connectivity index (χ0v) is 23.1. The summed E-state index contributed by atoms with van der Waals surface area (Å²) in [7, 11) is 3.22. The van der Waals surface area contributed by atoms with Crippen molar-refractivity contribution in [3.8, 4) is 22.9 Å². The molecule has 2 heterocycles. The smallest absolute Gasteiger partial charge is 0.335 e. The lowest BCUT2D eigenvalue weighted by Gasteiger charge is -2.12. The van der Waals surface area contributed by atoms with Crippen LogP contribution in [0.15, 0.2) is 72.8 Å². The number of carboxylic acids is 1. The van der Waals surface area contributed by atoms with Crippen molar-refractivity contribution < 1.29 is 28.5 Å². The minimum atomic E-state index is -1.02. The first-order chi connectivity index (χ1) is 19.9. The Morgan fingerprint density at radius 3 is 2.56 bits per heavy atom. The van der Waals surface area contributed by atoms with E-state index < -0.39 is 11.8 Å². The van der Waals surface area contributed by atoms with Crippen molar-refractivity contribution in [3.63, 3.8) is 0 Å². The third-order valence-electron chi connectivity index (χ3n) is 6.83. The summed E-state index contributed by atoms with van der Waals surface area (Å²) in [5.41, 5.74) is 5.11. The minimum absolute atomic E-state index is 0.162. The van der Waals surface area contributed by atoms with Crippen LogP contribution in [0.2, 0.25) is 0 Å². The van der Waals surface area contributed by atoms with Gasteiger partial charge in [-0.25, -0.2) is 19.2 Å². The fourth-order valence-corrected chi connectivity index (χ4v) is 4.67. The zero-order chi connectivity index (χ0) is 28.9. The maximum absolute atomic E-state index is 15.4. The highest BCUT2D eigenvalue weighted by molar-refractivity contribution is 5.92. The first kappa shape index (κ1) is 27.8. The molecule has 0 atom stereocenters. The Kier molecular flexibility index (Phi) is 8.26. The first-order valence-corrected chi connectivity index (χ1v) is 13.1. The summed E-state index contributed by atoms with van der Waals surface area (Å²) in [6.07, 6.45) is 0.224. The van der Waals surface area contributed by atoms with Gasteiger partial charge in [0.2, 0.25) is 5.88 Å². The van der Waals surface area contributed by atoms with E-state index in [4.69, 9.17) is 14.2 Å². The van der Waals surface area contributed by atoms with Gasteiger partial charge in [0, 0.05) is 37.3 Å². The number of halogens is 1. The molecule has 0 aliphatic rings. The molecule has 210 valence electrons. The summed E-state index contributed by atoms with van der Waals surface area (Å²) < 4.78 is 33.9. The molecule has 0 spiro atoms.